The normalized spacial score (nSPS) is 11.9. The summed E-state index contributed by atoms with van der Waals surface area (Å²) in [5.41, 5.74) is 4.31. The van der Waals surface area contributed by atoms with E-state index in [1.807, 2.05) is 0 Å². The molecule has 1 amide bonds. The monoisotopic (exact) mass is 372 g/mol. The largest absolute Gasteiger partial charge is 0.324 e. The Kier molecular flexibility index (Phi) is 5.54. The fourth-order valence-electron chi connectivity index (χ4n) is 1.96. The van der Waals surface area contributed by atoms with Gasteiger partial charge in [-0.15, -0.1) is 0 Å². The van der Waals surface area contributed by atoms with Crippen LogP contribution in [0.1, 0.15) is 22.8 Å². The predicted molar refractivity (Wildman–Crippen MR) is 88.5 cm³/mol. The summed E-state index contributed by atoms with van der Waals surface area (Å²) in [6.07, 6.45) is 0. The van der Waals surface area contributed by atoms with Crippen LogP contribution in [0.3, 0.4) is 0 Å². The van der Waals surface area contributed by atoms with Gasteiger partial charge in [-0.2, -0.15) is 0 Å². The summed E-state index contributed by atoms with van der Waals surface area (Å²) in [4.78, 5) is 24.4. The molecule has 2 aromatic rings. The van der Waals surface area contributed by atoms with Gasteiger partial charge in [-0.3, -0.25) is 9.59 Å². The molecule has 0 fully saturated rings. The predicted octanol–water partition coefficient (Wildman–Crippen LogP) is 3.79. The molecule has 3 N–H and O–H groups in total. The lowest BCUT2D eigenvalue weighted by Crippen LogP contribution is -2.33. The van der Waals surface area contributed by atoms with Crippen molar-refractivity contribution in [3.8, 4) is 0 Å². The molecule has 4 nitrogen and oxygen atoms in total. The highest BCUT2D eigenvalue weighted by Gasteiger charge is 2.26. The van der Waals surface area contributed by atoms with Gasteiger partial charge in [-0.1, -0.05) is 29.3 Å². The molecule has 0 aliphatic heterocycles. The van der Waals surface area contributed by atoms with Crippen LogP contribution in [0, 0.1) is 11.6 Å². The summed E-state index contributed by atoms with van der Waals surface area (Å²) in [6.45, 7) is 1.44. The van der Waals surface area contributed by atoms with Gasteiger partial charge in [0.1, 0.15) is 11.6 Å². The van der Waals surface area contributed by atoms with E-state index >= 15 is 0 Å². The Labute approximate surface area is 146 Å². The van der Waals surface area contributed by atoms with E-state index < -0.39 is 34.9 Å². The molecule has 2 aromatic carbocycles. The first kappa shape index (κ1) is 18.3. The van der Waals surface area contributed by atoms with E-state index in [2.05, 4.69) is 5.32 Å². The smallest absolute Gasteiger partial charge is 0.241 e. The summed E-state index contributed by atoms with van der Waals surface area (Å²) in [7, 11) is 0. The lowest BCUT2D eigenvalue weighted by Gasteiger charge is -2.15. The maximum atomic E-state index is 13.9. The molecule has 126 valence electrons. The maximum absolute atomic E-state index is 13.9. The first-order valence-electron chi connectivity index (χ1n) is 6.77. The van der Waals surface area contributed by atoms with Gasteiger partial charge < -0.3 is 11.1 Å². The third-order valence-electron chi connectivity index (χ3n) is 3.18. The van der Waals surface area contributed by atoms with Crippen LogP contribution in [0.2, 0.25) is 10.0 Å². The van der Waals surface area contributed by atoms with E-state index in [-0.39, 0.29) is 21.3 Å². The van der Waals surface area contributed by atoms with Gasteiger partial charge in [0.05, 0.1) is 32.9 Å². The lowest BCUT2D eigenvalue weighted by atomic mass is 10.00. The molecule has 0 bridgehead atoms. The van der Waals surface area contributed by atoms with Crippen LogP contribution >= 0.6 is 23.2 Å². The Morgan fingerprint density at radius 1 is 1.08 bits per heavy atom. The molecule has 24 heavy (non-hydrogen) atoms. The number of halogens is 4. The van der Waals surface area contributed by atoms with E-state index in [1.54, 1.807) is 0 Å². The van der Waals surface area contributed by atoms with Crippen LogP contribution in [0.5, 0.6) is 0 Å². The van der Waals surface area contributed by atoms with Crippen LogP contribution in [0.15, 0.2) is 30.3 Å². The van der Waals surface area contributed by atoms with Crippen molar-refractivity contribution < 1.29 is 18.4 Å². The Morgan fingerprint density at radius 3 is 2.21 bits per heavy atom. The molecule has 1 unspecified atom stereocenters. The zero-order valence-electron chi connectivity index (χ0n) is 12.4. The lowest BCUT2D eigenvalue weighted by molar-refractivity contribution is -0.117. The average molecular weight is 373 g/mol. The minimum Gasteiger partial charge on any atom is -0.324 e. The highest BCUT2D eigenvalue weighted by molar-refractivity contribution is 6.45. The number of hydrogen-bond donors (Lipinski definition) is 2. The highest BCUT2D eigenvalue weighted by atomic mass is 35.5. The summed E-state index contributed by atoms with van der Waals surface area (Å²) >= 11 is 11.9. The molecule has 2 rings (SSSR count). The summed E-state index contributed by atoms with van der Waals surface area (Å²) in [5.74, 6) is -3.75. The van der Waals surface area contributed by atoms with Crippen LogP contribution in [0.25, 0.3) is 0 Å². The molecule has 0 aromatic heterocycles. The van der Waals surface area contributed by atoms with Crippen molar-refractivity contribution in [2.75, 3.05) is 5.32 Å². The number of carbonyl (C=O) groups excluding carboxylic acids is 2. The molecule has 0 aliphatic rings. The zero-order chi connectivity index (χ0) is 18.0. The van der Waals surface area contributed by atoms with Crippen LogP contribution in [-0.2, 0) is 4.79 Å². The van der Waals surface area contributed by atoms with Crippen molar-refractivity contribution in [3.63, 3.8) is 0 Å². The Bertz CT molecular complexity index is 806. The van der Waals surface area contributed by atoms with Crippen LogP contribution in [0.4, 0.5) is 14.5 Å². The number of hydrogen-bond acceptors (Lipinski definition) is 3. The second kappa shape index (κ2) is 7.25. The number of nitrogens with two attached hydrogens (primary N) is 1. The quantitative estimate of drug-likeness (QED) is 0.801. The minimum absolute atomic E-state index is 0.00411. The topological polar surface area (TPSA) is 72.2 Å². The third-order valence-corrected chi connectivity index (χ3v) is 3.99. The third kappa shape index (κ3) is 3.56. The Morgan fingerprint density at radius 2 is 1.67 bits per heavy atom. The van der Waals surface area contributed by atoms with Crippen LogP contribution < -0.4 is 11.1 Å². The van der Waals surface area contributed by atoms with Gasteiger partial charge in [0.2, 0.25) is 11.7 Å². The van der Waals surface area contributed by atoms with E-state index in [0.29, 0.717) is 0 Å². The SMILES string of the molecule is CC(N)C(=O)Nc1ccc(Cl)c(Cl)c1C(=O)c1c(F)cccc1F. The summed E-state index contributed by atoms with van der Waals surface area (Å²) in [5, 5.41) is 2.16. The standard InChI is InChI=1S/C16H12Cl2F2N2O2/c1-7(21)16(24)22-11-6-5-8(17)14(18)13(11)15(23)12-9(19)3-2-4-10(12)20/h2-7H,21H2,1H3,(H,22,24). The molecule has 0 saturated carbocycles. The molecule has 8 heteroatoms. The molecule has 0 saturated heterocycles. The van der Waals surface area contributed by atoms with Crippen molar-refractivity contribution in [3.05, 3.63) is 63.1 Å². The number of ketones is 1. The number of rotatable bonds is 4. The minimum atomic E-state index is -1.06. The summed E-state index contributed by atoms with van der Waals surface area (Å²) in [6, 6.07) is 4.78. The number of nitrogens with one attached hydrogen (secondary N) is 1. The second-order valence-corrected chi connectivity index (χ2v) is 5.77. The fourth-order valence-corrected chi connectivity index (χ4v) is 2.37. The number of anilines is 1. The summed E-state index contributed by atoms with van der Waals surface area (Å²) < 4.78 is 27.8. The Hall–Kier alpha value is -2.02. The van der Waals surface area contributed by atoms with E-state index in [0.717, 1.165) is 18.2 Å². The molecule has 1 atom stereocenters. The number of amides is 1. The molecular formula is C16H12Cl2F2N2O2. The number of carbonyl (C=O) groups is 2. The second-order valence-electron chi connectivity index (χ2n) is 4.99. The van der Waals surface area contributed by atoms with E-state index in [4.69, 9.17) is 28.9 Å². The molecule has 0 aliphatic carbocycles. The van der Waals surface area contributed by atoms with E-state index in [9.17, 15) is 18.4 Å². The first-order valence-corrected chi connectivity index (χ1v) is 7.52. The van der Waals surface area contributed by atoms with E-state index in [1.165, 1.54) is 19.1 Å². The van der Waals surface area contributed by atoms with Crippen LogP contribution in [-0.4, -0.2) is 17.7 Å². The van der Waals surface area contributed by atoms with Crippen molar-refractivity contribution >= 4 is 40.6 Å². The number of benzene rings is 2. The highest BCUT2D eigenvalue weighted by Crippen LogP contribution is 2.34. The first-order chi connectivity index (χ1) is 11.2. The van der Waals surface area contributed by atoms with Gasteiger partial charge in [-0.05, 0) is 31.2 Å². The molecule has 0 heterocycles. The molecule has 0 spiro atoms. The molecular weight excluding hydrogens is 361 g/mol. The van der Waals surface area contributed by atoms with Crippen molar-refractivity contribution in [2.45, 2.75) is 13.0 Å². The van der Waals surface area contributed by atoms with Gasteiger partial charge >= 0.3 is 0 Å². The van der Waals surface area contributed by atoms with Crippen molar-refractivity contribution in [1.29, 1.82) is 0 Å². The van der Waals surface area contributed by atoms with Gasteiger partial charge in [0.15, 0.2) is 0 Å². The van der Waals surface area contributed by atoms with Crippen molar-refractivity contribution in [1.82, 2.24) is 0 Å². The Balaban J connectivity index is 2.62. The van der Waals surface area contributed by atoms with Crippen molar-refractivity contribution in [2.24, 2.45) is 5.73 Å². The van der Waals surface area contributed by atoms with Gasteiger partial charge in [0, 0.05) is 0 Å². The van der Waals surface area contributed by atoms with Gasteiger partial charge in [0.25, 0.3) is 0 Å². The zero-order valence-corrected chi connectivity index (χ0v) is 13.9. The maximum Gasteiger partial charge on any atom is 0.241 e. The average Bonchev–Trinajstić information content (AvgIpc) is 2.50. The fraction of sp³-hybridized carbons (Fsp3) is 0.125. The molecule has 0 radical (unpaired) electrons. The van der Waals surface area contributed by atoms with Gasteiger partial charge in [-0.25, -0.2) is 8.78 Å².